The molecule has 6 nitrogen and oxygen atoms in total. The molecule has 0 unspecified atom stereocenters. The van der Waals surface area contributed by atoms with Crippen LogP contribution >= 0.6 is 0 Å². The van der Waals surface area contributed by atoms with Crippen LogP contribution in [0.1, 0.15) is 25.7 Å². The summed E-state index contributed by atoms with van der Waals surface area (Å²) < 4.78 is 1.85. The molecule has 0 saturated heterocycles. The summed E-state index contributed by atoms with van der Waals surface area (Å²) in [6, 6.07) is 2.00. The molecule has 2 heterocycles. The van der Waals surface area contributed by atoms with E-state index in [1.54, 1.807) is 24.9 Å². The van der Waals surface area contributed by atoms with Crippen LogP contribution in [0.25, 0.3) is 5.69 Å². The van der Waals surface area contributed by atoms with Gasteiger partial charge in [0.15, 0.2) is 0 Å². The Morgan fingerprint density at radius 3 is 3.00 bits per heavy atom. The zero-order chi connectivity index (χ0) is 14.7. The van der Waals surface area contributed by atoms with Crippen LogP contribution in [0.15, 0.2) is 37.2 Å². The summed E-state index contributed by atoms with van der Waals surface area (Å²) >= 11 is 0. The monoisotopic (exact) mass is 285 g/mol. The number of nitrogens with one attached hydrogen (secondary N) is 1. The molecular weight excluding hydrogens is 266 g/mol. The number of anilines is 1. The van der Waals surface area contributed by atoms with E-state index >= 15 is 0 Å². The molecule has 2 atom stereocenters. The van der Waals surface area contributed by atoms with Crippen LogP contribution in [0.4, 0.5) is 5.69 Å². The summed E-state index contributed by atoms with van der Waals surface area (Å²) in [6.45, 7) is 0. The highest BCUT2D eigenvalue weighted by atomic mass is 16.1. The van der Waals surface area contributed by atoms with Crippen molar-refractivity contribution in [2.75, 3.05) is 5.32 Å². The maximum atomic E-state index is 12.2. The van der Waals surface area contributed by atoms with Crippen molar-refractivity contribution in [3.63, 3.8) is 0 Å². The van der Waals surface area contributed by atoms with Crippen LogP contribution in [-0.2, 0) is 4.79 Å². The average molecular weight is 285 g/mol. The molecule has 1 fully saturated rings. The number of pyridine rings is 1. The fraction of sp³-hybridized carbons (Fsp3) is 0.400. The van der Waals surface area contributed by atoms with Crippen molar-refractivity contribution in [3.8, 4) is 5.69 Å². The van der Waals surface area contributed by atoms with Crippen molar-refractivity contribution >= 4 is 11.6 Å². The number of amides is 1. The highest BCUT2D eigenvalue weighted by molar-refractivity contribution is 5.92. The van der Waals surface area contributed by atoms with E-state index in [-0.39, 0.29) is 11.9 Å². The molecule has 1 saturated carbocycles. The first-order valence-corrected chi connectivity index (χ1v) is 7.22. The molecule has 21 heavy (non-hydrogen) atoms. The van der Waals surface area contributed by atoms with Crippen molar-refractivity contribution in [3.05, 3.63) is 37.2 Å². The van der Waals surface area contributed by atoms with Crippen LogP contribution in [-0.4, -0.2) is 26.5 Å². The second-order valence-electron chi connectivity index (χ2n) is 5.47. The number of hydrogen-bond donors (Lipinski definition) is 2. The van der Waals surface area contributed by atoms with Gasteiger partial charge >= 0.3 is 0 Å². The molecular formula is C15H19N5O. The van der Waals surface area contributed by atoms with Crippen molar-refractivity contribution in [1.82, 2.24) is 14.5 Å². The predicted molar refractivity (Wildman–Crippen MR) is 79.9 cm³/mol. The van der Waals surface area contributed by atoms with Gasteiger partial charge in [-0.25, -0.2) is 4.98 Å². The number of rotatable bonds is 4. The minimum atomic E-state index is -0.00767. The zero-order valence-electron chi connectivity index (χ0n) is 11.8. The Morgan fingerprint density at radius 2 is 2.29 bits per heavy atom. The Balaban J connectivity index is 1.71. The number of imidazole rings is 1. The molecule has 6 heteroatoms. The van der Waals surface area contributed by atoms with Gasteiger partial charge in [0.25, 0.3) is 0 Å². The van der Waals surface area contributed by atoms with E-state index in [4.69, 9.17) is 5.73 Å². The van der Waals surface area contributed by atoms with Gasteiger partial charge in [0.1, 0.15) is 0 Å². The average Bonchev–Trinajstić information content (AvgIpc) is 3.12. The van der Waals surface area contributed by atoms with Gasteiger partial charge in [-0.05, 0) is 24.8 Å². The van der Waals surface area contributed by atoms with Crippen molar-refractivity contribution in [2.45, 2.75) is 31.7 Å². The van der Waals surface area contributed by atoms with E-state index in [1.807, 2.05) is 16.8 Å². The van der Waals surface area contributed by atoms with Crippen molar-refractivity contribution in [2.24, 2.45) is 11.7 Å². The third-order valence-corrected chi connectivity index (χ3v) is 4.02. The first-order chi connectivity index (χ1) is 10.2. The third-order valence-electron chi connectivity index (χ3n) is 4.02. The largest absolute Gasteiger partial charge is 0.327 e. The topological polar surface area (TPSA) is 85.8 Å². The van der Waals surface area contributed by atoms with E-state index in [1.165, 1.54) is 0 Å². The maximum Gasteiger partial charge on any atom is 0.224 e. The van der Waals surface area contributed by atoms with Crippen LogP contribution in [0.3, 0.4) is 0 Å². The summed E-state index contributed by atoms with van der Waals surface area (Å²) in [5.41, 5.74) is 7.56. The quantitative estimate of drug-likeness (QED) is 0.895. The van der Waals surface area contributed by atoms with E-state index in [9.17, 15) is 4.79 Å². The Bertz CT molecular complexity index is 610. The van der Waals surface area contributed by atoms with Crippen LogP contribution in [0.2, 0.25) is 0 Å². The standard InChI is InChI=1S/C15H19N5O/c16-12-3-1-2-11(12)8-15(21)19-13-9-17-5-4-14(13)20-7-6-18-10-20/h4-7,9-12H,1-3,8,16H2,(H,19,21)/t11-,12+/m0/s1. The van der Waals surface area contributed by atoms with E-state index in [0.29, 0.717) is 18.0 Å². The minimum Gasteiger partial charge on any atom is -0.327 e. The summed E-state index contributed by atoms with van der Waals surface area (Å²) in [5.74, 6) is 0.282. The summed E-state index contributed by atoms with van der Waals surface area (Å²) in [5, 5.41) is 2.94. The number of nitrogens with zero attached hydrogens (tertiary/aromatic N) is 3. The lowest BCUT2D eigenvalue weighted by molar-refractivity contribution is -0.117. The molecule has 1 aliphatic rings. The Labute approximate surface area is 123 Å². The predicted octanol–water partition coefficient (Wildman–Crippen LogP) is 1.72. The van der Waals surface area contributed by atoms with Gasteiger partial charge in [-0.2, -0.15) is 0 Å². The summed E-state index contributed by atoms with van der Waals surface area (Å²) in [6.07, 6.45) is 12.2. The first kappa shape index (κ1) is 13.8. The van der Waals surface area contributed by atoms with Crippen molar-refractivity contribution in [1.29, 1.82) is 0 Å². The second kappa shape index (κ2) is 6.05. The van der Waals surface area contributed by atoms with E-state index in [0.717, 1.165) is 24.9 Å². The second-order valence-corrected chi connectivity index (χ2v) is 5.47. The van der Waals surface area contributed by atoms with Crippen LogP contribution < -0.4 is 11.1 Å². The Kier molecular flexibility index (Phi) is 3.96. The zero-order valence-corrected chi connectivity index (χ0v) is 11.8. The maximum absolute atomic E-state index is 12.2. The lowest BCUT2D eigenvalue weighted by Crippen LogP contribution is -2.28. The Hall–Kier alpha value is -2.21. The fourth-order valence-corrected chi connectivity index (χ4v) is 2.87. The molecule has 0 aliphatic heterocycles. The lowest BCUT2D eigenvalue weighted by Gasteiger charge is -2.16. The molecule has 3 rings (SSSR count). The van der Waals surface area contributed by atoms with Crippen LogP contribution in [0.5, 0.6) is 0 Å². The van der Waals surface area contributed by atoms with Gasteiger partial charge in [-0.1, -0.05) is 6.42 Å². The molecule has 0 aromatic carbocycles. The molecule has 1 amide bonds. The molecule has 110 valence electrons. The van der Waals surface area contributed by atoms with Crippen LogP contribution in [0, 0.1) is 5.92 Å². The third kappa shape index (κ3) is 3.11. The Morgan fingerprint density at radius 1 is 1.38 bits per heavy atom. The van der Waals surface area contributed by atoms with Gasteiger partial charge in [0.2, 0.25) is 5.91 Å². The molecule has 2 aromatic rings. The molecule has 0 spiro atoms. The first-order valence-electron chi connectivity index (χ1n) is 7.22. The number of carbonyl (C=O) groups excluding carboxylic acids is 1. The molecule has 1 aliphatic carbocycles. The fourth-order valence-electron chi connectivity index (χ4n) is 2.87. The van der Waals surface area contributed by atoms with Gasteiger partial charge in [0, 0.05) is 31.1 Å². The molecule has 0 radical (unpaired) electrons. The number of nitrogens with two attached hydrogens (primary N) is 1. The van der Waals surface area contributed by atoms with Gasteiger partial charge in [0.05, 0.1) is 23.9 Å². The van der Waals surface area contributed by atoms with Gasteiger partial charge in [-0.3, -0.25) is 9.78 Å². The summed E-state index contributed by atoms with van der Waals surface area (Å²) in [4.78, 5) is 20.3. The molecule has 0 bridgehead atoms. The smallest absolute Gasteiger partial charge is 0.224 e. The highest BCUT2D eigenvalue weighted by Gasteiger charge is 2.26. The van der Waals surface area contributed by atoms with E-state index < -0.39 is 0 Å². The van der Waals surface area contributed by atoms with Gasteiger partial charge < -0.3 is 15.6 Å². The lowest BCUT2D eigenvalue weighted by atomic mass is 10.00. The highest BCUT2D eigenvalue weighted by Crippen LogP contribution is 2.27. The molecule has 3 N–H and O–H groups in total. The number of carbonyl (C=O) groups is 1. The minimum absolute atomic E-state index is 0.00767. The normalized spacial score (nSPS) is 21.4. The number of aromatic nitrogens is 3. The van der Waals surface area contributed by atoms with Gasteiger partial charge in [-0.15, -0.1) is 0 Å². The van der Waals surface area contributed by atoms with Crippen molar-refractivity contribution < 1.29 is 4.79 Å². The van der Waals surface area contributed by atoms with E-state index in [2.05, 4.69) is 15.3 Å². The summed E-state index contributed by atoms with van der Waals surface area (Å²) in [7, 11) is 0. The molecule has 2 aromatic heterocycles. The number of hydrogen-bond acceptors (Lipinski definition) is 4. The SMILES string of the molecule is N[C@@H]1CCC[C@H]1CC(=O)Nc1cnccc1-n1ccnc1.